The van der Waals surface area contributed by atoms with Gasteiger partial charge in [-0.3, -0.25) is 0 Å². The fraction of sp³-hybridized carbons (Fsp3) is 0.639. The Bertz CT molecular complexity index is 4110. The van der Waals surface area contributed by atoms with Gasteiger partial charge in [-0.25, -0.2) is 0 Å². The summed E-state index contributed by atoms with van der Waals surface area (Å²) in [7, 11) is -31.1. The third-order valence-electron chi connectivity index (χ3n) is 21.4. The third kappa shape index (κ3) is 25.1. The Morgan fingerprint density at radius 1 is 0.417 bits per heavy atom. The average molecular weight is 1830 g/mol. The van der Waals surface area contributed by atoms with E-state index in [-0.39, 0.29) is 17.3 Å². The summed E-state index contributed by atoms with van der Waals surface area (Å²) in [4.78, 5) is 0.723. The molecule has 4 aliphatic rings. The molecule has 9 rings (SSSR count). The number of methoxy groups -OCH3 is 2. The molecule has 5 aromatic carbocycles. The molecule has 1 spiro atoms. The average Bonchev–Trinajstić information content (AvgIpc) is 1.54. The Morgan fingerprint density at radius 2 is 0.809 bits per heavy atom. The summed E-state index contributed by atoms with van der Waals surface area (Å²) in [5.41, 5.74) is 7.15. The molecule has 0 radical (unpaired) electrons. The van der Waals surface area contributed by atoms with Crippen molar-refractivity contribution in [2.24, 2.45) is 11.8 Å². The number of benzene rings is 5. The van der Waals surface area contributed by atoms with E-state index in [1.165, 1.54) is 47.9 Å². The minimum Gasteiger partial charge on any atom is -0.497 e. The highest BCUT2D eigenvalue weighted by atomic mass is 32.2. The zero-order valence-electron chi connectivity index (χ0n) is 76.7. The third-order valence-corrected chi connectivity index (χ3v) is 74.1. The van der Waals surface area contributed by atoms with Gasteiger partial charge in [-0.15, -0.1) is 0 Å². The molecule has 0 saturated heterocycles. The molecule has 644 valence electrons. The zero-order valence-corrected chi connectivity index (χ0v) is 90.5. The zero-order chi connectivity index (χ0) is 85.5. The Labute approximate surface area is 712 Å². The maximum Gasteiger partial charge on any atom is 0.314 e. The van der Waals surface area contributed by atoms with Crippen molar-refractivity contribution in [3.8, 4) is 39.9 Å². The van der Waals surface area contributed by atoms with Crippen molar-refractivity contribution >= 4 is 139 Å². The molecule has 5 aromatic rings. The molecule has 2 aliphatic carbocycles. The molecule has 0 amide bonds. The number of ether oxygens (including phenoxy) is 6. The first-order chi connectivity index (χ1) is 52.9. The van der Waals surface area contributed by atoms with Crippen LogP contribution in [0.4, 0.5) is 0 Å². The Balaban J connectivity index is 0.804. The van der Waals surface area contributed by atoms with Crippen LogP contribution in [0, 0.1) is 11.8 Å². The van der Waals surface area contributed by atoms with Crippen molar-refractivity contribution < 1.29 is 77.8 Å². The molecule has 0 aromatic heterocycles. The van der Waals surface area contributed by atoms with Crippen LogP contribution in [0.5, 0.6) is 28.7 Å². The van der Waals surface area contributed by atoms with E-state index in [9.17, 15) is 0 Å². The molecular weight excluding hydrogens is 1680 g/mol. The molecule has 0 N–H and O–H groups in total. The van der Waals surface area contributed by atoms with Crippen LogP contribution in [0.2, 0.25) is 182 Å². The maximum atomic E-state index is 7.95. The second kappa shape index (κ2) is 36.5. The van der Waals surface area contributed by atoms with Crippen LogP contribution in [0.15, 0.2) is 89.8 Å². The van der Waals surface area contributed by atoms with Crippen molar-refractivity contribution in [2.75, 3.05) is 34.0 Å². The highest BCUT2D eigenvalue weighted by molar-refractivity contribution is 8.01. The van der Waals surface area contributed by atoms with Crippen LogP contribution < -0.4 is 23.7 Å². The van der Waals surface area contributed by atoms with Crippen molar-refractivity contribution in [1.29, 1.82) is 0 Å². The monoisotopic (exact) mass is 1830 g/mol. The molecule has 18 nitrogen and oxygen atoms in total. The van der Waals surface area contributed by atoms with E-state index >= 15 is 0 Å². The lowest BCUT2D eigenvalue weighted by Gasteiger charge is -2.45. The standard InChI is InChI=1S/C83H146O18SSi13/c1-34-35-59-103(8,9)90-105(12,13)92-107(16,17)94-109(20,21)96-111(24,25)98-113(28,29)100-115(32,33)101-114(30,31)99-112(26,27)97-110(22,23)95-108(18,19)93-106(14,15)91-104(10,11)60-41-56-86-57-58-87-70-50-51-71-75(61-70)81(53-39-37-36-38-40-54-81)79-72-52-55-82(66-42-46-68(84-6)47-43-66,67-44-48-69(85-7)49-45-67)89-80(72)74-63-77-76(62-73(74)78(71)79)88-83(102-77,64(2)3)65(4)5/h42-52,55,61-65H,34-41,53-54,56-60H2,1-33H3. The summed E-state index contributed by atoms with van der Waals surface area (Å²) in [5.74, 6) is 4.80. The summed E-state index contributed by atoms with van der Waals surface area (Å²) in [5, 5.41) is 2.24. The number of fused-ring (bicyclic) bond motifs is 11. The van der Waals surface area contributed by atoms with Crippen molar-refractivity contribution in [3.63, 3.8) is 0 Å². The molecule has 32 heteroatoms. The predicted molar refractivity (Wildman–Crippen MR) is 504 cm³/mol. The van der Waals surface area contributed by atoms with Crippen molar-refractivity contribution in [1.82, 2.24) is 0 Å². The summed E-state index contributed by atoms with van der Waals surface area (Å²) in [6.45, 7) is 68.4. The van der Waals surface area contributed by atoms with Crippen LogP contribution >= 0.6 is 11.8 Å². The van der Waals surface area contributed by atoms with Crippen LogP contribution in [0.25, 0.3) is 28.0 Å². The van der Waals surface area contributed by atoms with Crippen LogP contribution in [-0.2, 0) is 65.1 Å². The van der Waals surface area contributed by atoms with Gasteiger partial charge in [0.25, 0.3) is 0 Å². The molecular formula is C83H146O18SSi13. The van der Waals surface area contributed by atoms with Gasteiger partial charge in [-0.2, -0.15) is 0 Å². The predicted octanol–water partition coefficient (Wildman–Crippen LogP) is 24.6. The highest BCUT2D eigenvalue weighted by Crippen LogP contribution is 2.65. The summed E-state index contributed by atoms with van der Waals surface area (Å²) >= 11 is 1.87. The molecule has 0 bridgehead atoms. The van der Waals surface area contributed by atoms with Crippen LogP contribution in [0.1, 0.15) is 127 Å². The van der Waals surface area contributed by atoms with Gasteiger partial charge in [-0.1, -0.05) is 128 Å². The van der Waals surface area contributed by atoms with E-state index in [1.54, 1.807) is 14.2 Å². The fourth-order valence-corrected chi connectivity index (χ4v) is 87.5. The lowest BCUT2D eigenvalue weighted by molar-refractivity contribution is 0.0757. The number of unbranched alkanes of at least 4 members (excludes halogenated alkanes) is 1. The normalized spacial score (nSPS) is 17.1. The van der Waals surface area contributed by atoms with E-state index < -0.39 is 121 Å². The number of thioether (sulfide) groups is 1. The Morgan fingerprint density at radius 3 is 1.21 bits per heavy atom. The van der Waals surface area contributed by atoms with Crippen LogP contribution in [-0.4, -0.2) is 150 Å². The molecule has 115 heavy (non-hydrogen) atoms. The van der Waals surface area contributed by atoms with Gasteiger partial charge in [0.15, 0.2) is 27.2 Å². The van der Waals surface area contributed by atoms with Gasteiger partial charge >= 0.3 is 94.2 Å². The van der Waals surface area contributed by atoms with E-state index in [1.807, 2.05) is 36.0 Å². The topological polar surface area (TPSA) is 166 Å². The lowest BCUT2D eigenvalue weighted by Crippen LogP contribution is -2.63. The highest BCUT2D eigenvalue weighted by Gasteiger charge is 2.55. The SMILES string of the molecule is CCCC[Si](C)(C)O[Si](C)(C)O[Si](C)(C)O[Si](C)(C)O[Si](C)(C)O[Si](C)(C)O[Si](C)(C)O[Si](C)(C)O[Si](C)(C)O[Si](C)(C)O[Si](C)(C)O[Si](C)(C)O[Si](C)(C)CCCOCCOc1ccc2c(c1)C1(CCCCCCC1)c1c3c(c4cc5c(cc4c1-2)OC(C(C)C)(C(C)C)S5)OC(c1ccc(OC)cc1)(c1ccc(OC)cc1)C=C3. The first-order valence-corrected chi connectivity index (χ1v) is 80.4. The van der Waals surface area contributed by atoms with Crippen molar-refractivity contribution in [3.05, 3.63) is 113 Å². The lowest BCUT2D eigenvalue weighted by atomic mass is 9.67. The molecule has 0 unspecified atom stereocenters. The van der Waals surface area contributed by atoms with E-state index in [4.69, 9.17) is 77.8 Å². The van der Waals surface area contributed by atoms with Crippen molar-refractivity contribution in [2.45, 2.75) is 302 Å². The van der Waals surface area contributed by atoms with E-state index in [2.05, 4.69) is 272 Å². The second-order valence-corrected chi connectivity index (χ2v) is 89.0. The molecule has 1 saturated carbocycles. The first kappa shape index (κ1) is 96.6. The van der Waals surface area contributed by atoms with Gasteiger partial charge in [0.1, 0.15) is 35.4 Å². The van der Waals surface area contributed by atoms with E-state index in [0.717, 1.165) is 112 Å². The summed E-state index contributed by atoms with van der Waals surface area (Å²) < 4.78 is 123. The Hall–Kier alpha value is -2.25. The molecule has 0 atom stereocenters. The minimum absolute atomic E-state index is 0.264. The summed E-state index contributed by atoms with van der Waals surface area (Å²) in [6, 6.07) is 30.3. The van der Waals surface area contributed by atoms with Gasteiger partial charge in [-0.05, 0) is 284 Å². The number of rotatable bonds is 41. The van der Waals surface area contributed by atoms with Gasteiger partial charge in [0.2, 0.25) is 0 Å². The quantitative estimate of drug-likeness (QED) is 0.0268. The van der Waals surface area contributed by atoms with Gasteiger partial charge in [0.05, 0.1) is 25.7 Å². The number of hydrogen-bond donors (Lipinski definition) is 0. The maximum absolute atomic E-state index is 7.95. The molecule has 1 fully saturated rings. The smallest absolute Gasteiger partial charge is 0.314 e. The first-order valence-electron chi connectivity index (χ1n) is 42.4. The fourth-order valence-electron chi connectivity index (χ4n) is 19.2. The van der Waals surface area contributed by atoms with Crippen LogP contribution in [0.3, 0.4) is 0 Å². The minimum atomic E-state index is -2.86. The van der Waals surface area contributed by atoms with E-state index in [0.29, 0.717) is 19.8 Å². The largest absolute Gasteiger partial charge is 0.497 e. The molecule has 2 heterocycles. The number of hydrogen-bond acceptors (Lipinski definition) is 19. The second-order valence-electron chi connectivity index (χ2n) is 39.1. The van der Waals surface area contributed by atoms with Gasteiger partial charge < -0.3 is 77.8 Å². The Kier molecular flexibility index (Phi) is 30.7. The van der Waals surface area contributed by atoms with Gasteiger partial charge in [0, 0.05) is 45.9 Å². The summed E-state index contributed by atoms with van der Waals surface area (Å²) in [6.07, 6.45) is 15.8. The molecule has 2 aliphatic heterocycles.